The van der Waals surface area contributed by atoms with Crippen molar-refractivity contribution in [3.05, 3.63) is 56.0 Å². The van der Waals surface area contributed by atoms with Crippen molar-refractivity contribution >= 4 is 17.3 Å². The van der Waals surface area contributed by atoms with Crippen LogP contribution in [0.1, 0.15) is 18.2 Å². The lowest BCUT2D eigenvalue weighted by molar-refractivity contribution is -0.384. The Morgan fingerprint density at radius 2 is 2.00 bits per heavy atom. The van der Waals surface area contributed by atoms with Gasteiger partial charge in [-0.15, -0.1) is 10.2 Å². The maximum Gasteiger partial charge on any atom is 0.274 e. The van der Waals surface area contributed by atoms with Crippen molar-refractivity contribution in [3.8, 4) is 0 Å². The smallest absolute Gasteiger partial charge is 0.274 e. The van der Waals surface area contributed by atoms with Crippen LogP contribution in [0.15, 0.2) is 34.2 Å². The van der Waals surface area contributed by atoms with Gasteiger partial charge in [0.2, 0.25) is 5.95 Å². The molecule has 0 amide bonds. The van der Waals surface area contributed by atoms with Crippen LogP contribution in [0.4, 0.5) is 11.6 Å². The Hall–Kier alpha value is -3.10. The molecule has 108 valence electrons. The first-order valence-electron chi connectivity index (χ1n) is 5.96. The topological polar surface area (TPSA) is 126 Å². The molecule has 0 saturated carbocycles. The minimum atomic E-state index is -0.471. The molecular weight excluding hydrogens is 276 g/mol. The molecule has 0 radical (unpaired) electrons. The Bertz CT molecular complexity index is 750. The van der Waals surface area contributed by atoms with Gasteiger partial charge in [0.15, 0.2) is 0 Å². The largest absolute Gasteiger partial charge is 0.288 e. The molecule has 9 heteroatoms. The van der Waals surface area contributed by atoms with Crippen molar-refractivity contribution in [2.24, 2.45) is 5.10 Å². The van der Waals surface area contributed by atoms with Crippen LogP contribution >= 0.6 is 0 Å². The summed E-state index contributed by atoms with van der Waals surface area (Å²) >= 11 is 0. The van der Waals surface area contributed by atoms with E-state index in [1.54, 1.807) is 26.0 Å². The summed E-state index contributed by atoms with van der Waals surface area (Å²) in [5.41, 5.74) is 3.77. The lowest BCUT2D eigenvalue weighted by Gasteiger charge is -2.02. The van der Waals surface area contributed by atoms with Gasteiger partial charge in [-0.2, -0.15) is 5.10 Å². The van der Waals surface area contributed by atoms with Gasteiger partial charge >= 0.3 is 0 Å². The van der Waals surface area contributed by atoms with Crippen LogP contribution in [0.25, 0.3) is 0 Å². The number of anilines is 1. The molecule has 1 aromatic heterocycles. The van der Waals surface area contributed by atoms with Crippen molar-refractivity contribution in [2.45, 2.75) is 13.8 Å². The number of aromatic amines is 1. The maximum atomic E-state index is 11.3. The highest BCUT2D eigenvalue weighted by Gasteiger charge is 2.05. The number of nitro benzene ring substituents is 1. The molecule has 0 bridgehead atoms. The van der Waals surface area contributed by atoms with Crippen molar-refractivity contribution < 1.29 is 4.92 Å². The zero-order chi connectivity index (χ0) is 15.4. The third-order valence-electron chi connectivity index (χ3n) is 2.69. The van der Waals surface area contributed by atoms with E-state index in [0.29, 0.717) is 11.3 Å². The average Bonchev–Trinajstić information content (AvgIpc) is 2.48. The van der Waals surface area contributed by atoms with Gasteiger partial charge in [-0.3, -0.25) is 19.9 Å². The highest BCUT2D eigenvalue weighted by molar-refractivity contribution is 5.99. The molecule has 0 aliphatic carbocycles. The summed E-state index contributed by atoms with van der Waals surface area (Å²) in [5.74, 6) is 0.117. The zero-order valence-electron chi connectivity index (χ0n) is 11.3. The van der Waals surface area contributed by atoms with Gasteiger partial charge in [-0.05, 0) is 31.5 Å². The number of hydrazone groups is 1. The van der Waals surface area contributed by atoms with E-state index in [1.807, 2.05) is 0 Å². The van der Waals surface area contributed by atoms with Gasteiger partial charge < -0.3 is 0 Å². The minimum Gasteiger partial charge on any atom is -0.288 e. The number of rotatable bonds is 4. The Labute approximate surface area is 118 Å². The third kappa shape index (κ3) is 3.47. The van der Waals surface area contributed by atoms with E-state index in [9.17, 15) is 14.9 Å². The first-order chi connectivity index (χ1) is 9.97. The summed E-state index contributed by atoms with van der Waals surface area (Å²) in [5, 5.41) is 22.0. The number of nitrogens with zero attached hydrogens (tertiary/aromatic N) is 4. The fraction of sp³-hybridized carbons (Fsp3) is 0.167. The first-order valence-corrected chi connectivity index (χ1v) is 5.96. The monoisotopic (exact) mass is 288 g/mol. The predicted molar refractivity (Wildman–Crippen MR) is 76.3 cm³/mol. The standard InChI is InChI=1S/C12H12N6O3/c1-7(9-3-5-10(6-4-9)18(20)21)14-16-12-13-11(19)8(2)15-17-12/h3-6H,1-2H3,(H2,13,16,17,19)/b14-7-. The first kappa shape index (κ1) is 14.3. The van der Waals surface area contributed by atoms with Crippen molar-refractivity contribution in [1.82, 2.24) is 15.2 Å². The van der Waals surface area contributed by atoms with Crippen molar-refractivity contribution in [2.75, 3.05) is 5.43 Å². The van der Waals surface area contributed by atoms with E-state index < -0.39 is 4.92 Å². The van der Waals surface area contributed by atoms with E-state index in [-0.39, 0.29) is 22.9 Å². The molecule has 1 aromatic carbocycles. The normalized spacial score (nSPS) is 11.2. The van der Waals surface area contributed by atoms with Crippen LogP contribution in [-0.4, -0.2) is 25.8 Å². The highest BCUT2D eigenvalue weighted by Crippen LogP contribution is 2.12. The van der Waals surface area contributed by atoms with Crippen molar-refractivity contribution in [3.63, 3.8) is 0 Å². The molecule has 21 heavy (non-hydrogen) atoms. The summed E-state index contributed by atoms with van der Waals surface area (Å²) in [4.78, 5) is 23.9. The number of nitrogens with one attached hydrogen (secondary N) is 2. The molecule has 2 rings (SSSR count). The number of non-ortho nitro benzene ring substituents is 1. The van der Waals surface area contributed by atoms with Crippen LogP contribution in [-0.2, 0) is 0 Å². The molecule has 2 aromatic rings. The molecule has 0 fully saturated rings. The fourth-order valence-corrected chi connectivity index (χ4v) is 1.47. The number of hydrogen-bond donors (Lipinski definition) is 2. The van der Waals surface area contributed by atoms with E-state index in [4.69, 9.17) is 0 Å². The maximum absolute atomic E-state index is 11.3. The molecular formula is C12H12N6O3. The molecule has 0 spiro atoms. The zero-order valence-corrected chi connectivity index (χ0v) is 11.3. The van der Waals surface area contributed by atoms with E-state index in [1.165, 1.54) is 12.1 Å². The Morgan fingerprint density at radius 3 is 2.57 bits per heavy atom. The summed E-state index contributed by atoms with van der Waals surface area (Å²) in [6.07, 6.45) is 0. The number of hydrogen-bond acceptors (Lipinski definition) is 7. The lowest BCUT2D eigenvalue weighted by Crippen LogP contribution is -2.16. The summed E-state index contributed by atoms with van der Waals surface area (Å²) in [6, 6.07) is 5.95. The van der Waals surface area contributed by atoms with Crippen LogP contribution in [0, 0.1) is 17.0 Å². The molecule has 2 N–H and O–H groups in total. The number of H-pyrrole nitrogens is 1. The molecule has 0 unspecified atom stereocenters. The molecule has 0 saturated heterocycles. The van der Waals surface area contributed by atoms with Gasteiger partial charge in [-0.1, -0.05) is 0 Å². The number of nitro groups is 1. The van der Waals surface area contributed by atoms with Gasteiger partial charge in [0.05, 0.1) is 10.6 Å². The van der Waals surface area contributed by atoms with Gasteiger partial charge in [-0.25, -0.2) is 5.43 Å². The molecule has 0 aliphatic heterocycles. The highest BCUT2D eigenvalue weighted by atomic mass is 16.6. The minimum absolute atomic E-state index is 0.00763. The van der Waals surface area contributed by atoms with Gasteiger partial charge in [0.1, 0.15) is 5.69 Å². The van der Waals surface area contributed by atoms with E-state index in [0.717, 1.165) is 0 Å². The lowest BCUT2D eigenvalue weighted by atomic mass is 10.1. The third-order valence-corrected chi connectivity index (χ3v) is 2.69. The molecule has 9 nitrogen and oxygen atoms in total. The summed E-state index contributed by atoms with van der Waals surface area (Å²) in [6.45, 7) is 3.26. The van der Waals surface area contributed by atoms with E-state index >= 15 is 0 Å². The second kappa shape index (κ2) is 5.90. The Balaban J connectivity index is 2.15. The van der Waals surface area contributed by atoms with Crippen LogP contribution in [0.5, 0.6) is 0 Å². The van der Waals surface area contributed by atoms with E-state index in [2.05, 4.69) is 25.7 Å². The molecule has 0 aliphatic rings. The average molecular weight is 288 g/mol. The second-order valence-electron chi connectivity index (χ2n) is 4.20. The summed E-state index contributed by atoms with van der Waals surface area (Å²) < 4.78 is 0. The quantitative estimate of drug-likeness (QED) is 0.494. The van der Waals surface area contributed by atoms with Crippen LogP contribution < -0.4 is 11.0 Å². The molecule has 0 atom stereocenters. The second-order valence-corrected chi connectivity index (χ2v) is 4.20. The summed E-state index contributed by atoms with van der Waals surface area (Å²) in [7, 11) is 0. The SMILES string of the molecule is C/C(=N/Nc1nnc(C)c(=O)[nH]1)c1ccc([N+](=O)[O-])cc1. The van der Waals surface area contributed by atoms with Crippen LogP contribution in [0.2, 0.25) is 0 Å². The number of aryl methyl sites for hydroxylation is 1. The number of aromatic nitrogens is 3. The molecule has 1 heterocycles. The fourth-order valence-electron chi connectivity index (χ4n) is 1.47. The van der Waals surface area contributed by atoms with Crippen LogP contribution in [0.3, 0.4) is 0 Å². The van der Waals surface area contributed by atoms with Gasteiger partial charge in [0, 0.05) is 12.1 Å². The Kier molecular flexibility index (Phi) is 4.02. The number of benzene rings is 1. The van der Waals surface area contributed by atoms with Gasteiger partial charge in [0.25, 0.3) is 11.2 Å². The van der Waals surface area contributed by atoms with Crippen molar-refractivity contribution in [1.29, 1.82) is 0 Å². The predicted octanol–water partition coefficient (Wildman–Crippen LogP) is 1.22. The Morgan fingerprint density at radius 1 is 1.33 bits per heavy atom.